The predicted octanol–water partition coefficient (Wildman–Crippen LogP) is 2.00. The van der Waals surface area contributed by atoms with Crippen molar-refractivity contribution >= 4 is 11.2 Å². The average molecular weight is 268 g/mol. The van der Waals surface area contributed by atoms with E-state index in [4.69, 9.17) is 4.42 Å². The van der Waals surface area contributed by atoms with Gasteiger partial charge in [0.05, 0.1) is 18.0 Å². The van der Waals surface area contributed by atoms with Crippen molar-refractivity contribution in [1.82, 2.24) is 14.7 Å². The van der Waals surface area contributed by atoms with Crippen molar-refractivity contribution in [1.29, 1.82) is 0 Å². The number of nitrogens with one attached hydrogen (secondary N) is 1. The zero-order valence-electron chi connectivity index (χ0n) is 11.1. The first-order valence-electron chi connectivity index (χ1n) is 6.88. The molecule has 0 unspecified atom stereocenters. The summed E-state index contributed by atoms with van der Waals surface area (Å²) < 4.78 is 7.49. The molecule has 102 valence electrons. The fourth-order valence-electron chi connectivity index (χ4n) is 2.70. The second-order valence-electron chi connectivity index (χ2n) is 4.98. The SMILES string of the molecule is c1coc(-c2ncc3cc(N4CCNCC4)ccn23)c1. The molecule has 1 N–H and O–H groups in total. The number of anilines is 1. The van der Waals surface area contributed by atoms with Crippen molar-refractivity contribution in [2.45, 2.75) is 0 Å². The Hall–Kier alpha value is -2.27. The van der Waals surface area contributed by atoms with E-state index in [0.717, 1.165) is 43.3 Å². The number of aromatic nitrogens is 2. The first-order chi connectivity index (χ1) is 9.92. The van der Waals surface area contributed by atoms with Crippen LogP contribution in [0.25, 0.3) is 17.1 Å². The van der Waals surface area contributed by atoms with Gasteiger partial charge in [0.25, 0.3) is 0 Å². The summed E-state index contributed by atoms with van der Waals surface area (Å²) in [5, 5.41) is 3.37. The van der Waals surface area contributed by atoms with Gasteiger partial charge in [-0.1, -0.05) is 0 Å². The van der Waals surface area contributed by atoms with Crippen LogP contribution in [-0.2, 0) is 0 Å². The number of rotatable bonds is 2. The van der Waals surface area contributed by atoms with Crippen LogP contribution in [0.5, 0.6) is 0 Å². The molecule has 1 saturated heterocycles. The third kappa shape index (κ3) is 1.87. The van der Waals surface area contributed by atoms with Crippen molar-refractivity contribution in [3.8, 4) is 11.6 Å². The lowest BCUT2D eigenvalue weighted by Crippen LogP contribution is -2.43. The van der Waals surface area contributed by atoms with Crippen LogP contribution in [0.3, 0.4) is 0 Å². The van der Waals surface area contributed by atoms with Gasteiger partial charge in [0.1, 0.15) is 0 Å². The quantitative estimate of drug-likeness (QED) is 0.772. The molecule has 1 fully saturated rings. The van der Waals surface area contributed by atoms with E-state index in [0.29, 0.717) is 0 Å². The molecule has 0 amide bonds. The highest BCUT2D eigenvalue weighted by Gasteiger charge is 2.13. The van der Waals surface area contributed by atoms with Gasteiger partial charge in [-0.15, -0.1) is 0 Å². The topological polar surface area (TPSA) is 45.7 Å². The number of nitrogens with zero attached hydrogens (tertiary/aromatic N) is 3. The van der Waals surface area contributed by atoms with Crippen LogP contribution >= 0.6 is 0 Å². The molecule has 4 heterocycles. The number of pyridine rings is 1. The van der Waals surface area contributed by atoms with E-state index in [2.05, 4.69) is 37.9 Å². The molecule has 5 nitrogen and oxygen atoms in total. The van der Waals surface area contributed by atoms with Gasteiger partial charge in [0.15, 0.2) is 11.6 Å². The number of fused-ring (bicyclic) bond motifs is 1. The molecule has 0 radical (unpaired) electrons. The van der Waals surface area contributed by atoms with Crippen molar-refractivity contribution in [3.63, 3.8) is 0 Å². The Balaban J connectivity index is 1.74. The molecule has 0 aliphatic carbocycles. The minimum Gasteiger partial charge on any atom is -0.461 e. The average Bonchev–Trinajstić information content (AvgIpc) is 3.16. The zero-order chi connectivity index (χ0) is 13.4. The highest BCUT2D eigenvalue weighted by atomic mass is 16.3. The highest BCUT2D eigenvalue weighted by molar-refractivity contribution is 5.64. The van der Waals surface area contributed by atoms with E-state index in [-0.39, 0.29) is 0 Å². The number of hydrogen-bond acceptors (Lipinski definition) is 4. The fourth-order valence-corrected chi connectivity index (χ4v) is 2.70. The van der Waals surface area contributed by atoms with E-state index in [1.165, 1.54) is 5.69 Å². The normalized spacial score (nSPS) is 15.9. The molecule has 4 rings (SSSR count). The molecule has 5 heteroatoms. The molecular formula is C15H16N4O. The Morgan fingerprint density at radius 2 is 2.10 bits per heavy atom. The van der Waals surface area contributed by atoms with Crippen LogP contribution in [0.15, 0.2) is 47.3 Å². The van der Waals surface area contributed by atoms with Crippen LogP contribution in [-0.4, -0.2) is 35.6 Å². The molecule has 20 heavy (non-hydrogen) atoms. The van der Waals surface area contributed by atoms with Gasteiger partial charge in [0.2, 0.25) is 0 Å². The molecule has 0 atom stereocenters. The second kappa shape index (κ2) is 4.68. The summed E-state index contributed by atoms with van der Waals surface area (Å²) in [6, 6.07) is 8.14. The van der Waals surface area contributed by atoms with Crippen molar-refractivity contribution in [2.75, 3.05) is 31.1 Å². The molecule has 0 spiro atoms. The largest absolute Gasteiger partial charge is 0.461 e. The van der Waals surface area contributed by atoms with Crippen LogP contribution in [0.4, 0.5) is 5.69 Å². The molecule has 0 saturated carbocycles. The van der Waals surface area contributed by atoms with E-state index in [1.54, 1.807) is 6.26 Å². The summed E-state index contributed by atoms with van der Waals surface area (Å²) >= 11 is 0. The minimum absolute atomic E-state index is 0.792. The summed E-state index contributed by atoms with van der Waals surface area (Å²) in [7, 11) is 0. The Labute approximate surface area is 116 Å². The first-order valence-corrected chi connectivity index (χ1v) is 6.88. The van der Waals surface area contributed by atoms with Crippen LogP contribution in [0, 0.1) is 0 Å². The smallest absolute Gasteiger partial charge is 0.180 e. The predicted molar refractivity (Wildman–Crippen MR) is 78.0 cm³/mol. The Morgan fingerprint density at radius 1 is 1.20 bits per heavy atom. The monoisotopic (exact) mass is 268 g/mol. The van der Waals surface area contributed by atoms with Crippen LogP contribution < -0.4 is 10.2 Å². The molecule has 3 aromatic rings. The number of hydrogen-bond donors (Lipinski definition) is 1. The van der Waals surface area contributed by atoms with Gasteiger partial charge in [-0.25, -0.2) is 4.98 Å². The van der Waals surface area contributed by atoms with Crippen molar-refractivity contribution in [3.05, 3.63) is 42.9 Å². The van der Waals surface area contributed by atoms with Crippen LogP contribution in [0.1, 0.15) is 0 Å². The number of imidazole rings is 1. The minimum atomic E-state index is 0.792. The number of furan rings is 1. The molecule has 0 bridgehead atoms. The van der Waals surface area contributed by atoms with Gasteiger partial charge >= 0.3 is 0 Å². The summed E-state index contributed by atoms with van der Waals surface area (Å²) in [4.78, 5) is 6.86. The fraction of sp³-hybridized carbons (Fsp3) is 0.267. The summed E-state index contributed by atoms with van der Waals surface area (Å²) in [6.45, 7) is 4.19. The van der Waals surface area contributed by atoms with Gasteiger partial charge in [-0.3, -0.25) is 4.40 Å². The van der Waals surface area contributed by atoms with Gasteiger partial charge in [-0.2, -0.15) is 0 Å². The third-order valence-electron chi connectivity index (χ3n) is 3.74. The summed E-state index contributed by atoms with van der Waals surface area (Å²) in [5.41, 5.74) is 2.34. The molecule has 0 aromatic carbocycles. The van der Waals surface area contributed by atoms with E-state index >= 15 is 0 Å². The Bertz CT molecular complexity index is 711. The lowest BCUT2D eigenvalue weighted by molar-refractivity contribution is 0.577. The molecular weight excluding hydrogens is 252 g/mol. The number of piperazine rings is 1. The van der Waals surface area contributed by atoms with Crippen molar-refractivity contribution in [2.24, 2.45) is 0 Å². The van der Waals surface area contributed by atoms with E-state index < -0.39 is 0 Å². The van der Waals surface area contributed by atoms with Crippen molar-refractivity contribution < 1.29 is 4.42 Å². The highest BCUT2D eigenvalue weighted by Crippen LogP contribution is 2.23. The lowest BCUT2D eigenvalue weighted by atomic mass is 10.3. The molecule has 3 aromatic heterocycles. The second-order valence-corrected chi connectivity index (χ2v) is 4.98. The maximum Gasteiger partial charge on any atom is 0.180 e. The van der Waals surface area contributed by atoms with E-state index in [1.807, 2.05) is 18.3 Å². The van der Waals surface area contributed by atoms with Crippen LogP contribution in [0.2, 0.25) is 0 Å². The molecule has 1 aliphatic rings. The summed E-state index contributed by atoms with van der Waals surface area (Å²) in [6.07, 6.45) is 5.63. The van der Waals surface area contributed by atoms with Gasteiger partial charge < -0.3 is 14.6 Å². The first kappa shape index (κ1) is 11.5. The summed E-state index contributed by atoms with van der Waals surface area (Å²) in [5.74, 6) is 1.64. The van der Waals surface area contributed by atoms with Gasteiger partial charge in [0, 0.05) is 38.1 Å². The zero-order valence-corrected chi connectivity index (χ0v) is 11.1. The maximum atomic E-state index is 5.43. The lowest BCUT2D eigenvalue weighted by Gasteiger charge is -2.29. The Morgan fingerprint density at radius 3 is 2.90 bits per heavy atom. The maximum absolute atomic E-state index is 5.43. The van der Waals surface area contributed by atoms with E-state index in [9.17, 15) is 0 Å². The molecule has 1 aliphatic heterocycles. The standard InChI is InChI=1S/C15H16N4O/c1-2-14(20-9-1)15-17-11-13-10-12(3-6-19(13)15)18-7-4-16-5-8-18/h1-3,6,9-11,16H,4-5,7-8H2. The Kier molecular flexibility index (Phi) is 2.70. The van der Waals surface area contributed by atoms with Gasteiger partial charge in [-0.05, 0) is 24.3 Å². The third-order valence-corrected chi connectivity index (χ3v) is 3.74.